The maximum Gasteiger partial charge on any atom is 0.306 e. The van der Waals surface area contributed by atoms with Gasteiger partial charge in [-0.25, -0.2) is 0 Å². The lowest BCUT2D eigenvalue weighted by atomic mass is 9.88. The standard InChI is InChI=1S/C23H36O4S/c1-17(22(24)25)14-18-8-6-9-19(15-18)20(10-7-12-23(2,3)16-28)27-21-11-4-5-13-26-21/h6,8-9,15,17,20-21,28H,4-5,7,10-14,16H2,1-3H3,(H,24,25)/t17-,20?,21?/m1/s1. The molecule has 2 rings (SSSR count). The predicted molar refractivity (Wildman–Crippen MR) is 116 cm³/mol. The van der Waals surface area contributed by atoms with Crippen molar-refractivity contribution in [2.45, 2.75) is 78.1 Å². The third-order valence-electron chi connectivity index (χ3n) is 5.49. The molecule has 1 aliphatic rings. The maximum absolute atomic E-state index is 11.2. The third-order valence-corrected chi connectivity index (χ3v) is 6.34. The number of hydrogen-bond acceptors (Lipinski definition) is 4. The van der Waals surface area contributed by atoms with Crippen LogP contribution in [0, 0.1) is 11.3 Å². The van der Waals surface area contributed by atoms with E-state index in [4.69, 9.17) is 9.47 Å². The average molecular weight is 409 g/mol. The van der Waals surface area contributed by atoms with Crippen molar-refractivity contribution < 1.29 is 19.4 Å². The van der Waals surface area contributed by atoms with Gasteiger partial charge < -0.3 is 14.6 Å². The number of benzene rings is 1. The van der Waals surface area contributed by atoms with E-state index in [1.165, 1.54) is 0 Å². The fourth-order valence-electron chi connectivity index (χ4n) is 3.52. The molecule has 1 aromatic carbocycles. The number of ether oxygens (including phenoxy) is 2. The van der Waals surface area contributed by atoms with Crippen LogP contribution in [0.3, 0.4) is 0 Å². The Bertz CT molecular complexity index is 610. The minimum Gasteiger partial charge on any atom is -0.481 e. The fraction of sp³-hybridized carbons (Fsp3) is 0.696. The first-order valence-electron chi connectivity index (χ1n) is 10.5. The molecule has 1 fully saturated rings. The van der Waals surface area contributed by atoms with Crippen molar-refractivity contribution in [1.82, 2.24) is 0 Å². The fourth-order valence-corrected chi connectivity index (χ4v) is 3.68. The zero-order valence-corrected chi connectivity index (χ0v) is 18.4. The SMILES string of the molecule is C[C@H](Cc1cccc(C(CCCC(C)(C)CS)OC2CCCCO2)c1)C(=O)O. The molecule has 28 heavy (non-hydrogen) atoms. The monoisotopic (exact) mass is 408 g/mol. The van der Waals surface area contributed by atoms with E-state index in [1.54, 1.807) is 6.92 Å². The van der Waals surface area contributed by atoms with Crippen LogP contribution in [0.2, 0.25) is 0 Å². The van der Waals surface area contributed by atoms with Crippen molar-refractivity contribution in [3.05, 3.63) is 35.4 Å². The molecule has 0 bridgehead atoms. The van der Waals surface area contributed by atoms with Crippen LogP contribution in [0.15, 0.2) is 24.3 Å². The van der Waals surface area contributed by atoms with Gasteiger partial charge in [0.25, 0.3) is 0 Å². The van der Waals surface area contributed by atoms with E-state index in [0.29, 0.717) is 6.42 Å². The Kier molecular flexibility index (Phi) is 9.32. The highest BCUT2D eigenvalue weighted by molar-refractivity contribution is 7.80. The van der Waals surface area contributed by atoms with E-state index in [9.17, 15) is 9.90 Å². The van der Waals surface area contributed by atoms with E-state index in [1.807, 2.05) is 12.1 Å². The van der Waals surface area contributed by atoms with Crippen LogP contribution in [0.5, 0.6) is 0 Å². The molecule has 0 saturated carbocycles. The number of aliphatic carboxylic acids is 1. The summed E-state index contributed by atoms with van der Waals surface area (Å²) >= 11 is 4.46. The summed E-state index contributed by atoms with van der Waals surface area (Å²) in [5.74, 6) is -0.289. The van der Waals surface area contributed by atoms with E-state index < -0.39 is 11.9 Å². The van der Waals surface area contributed by atoms with Crippen LogP contribution in [-0.4, -0.2) is 29.7 Å². The highest BCUT2D eigenvalue weighted by Crippen LogP contribution is 2.32. The largest absolute Gasteiger partial charge is 0.481 e. The van der Waals surface area contributed by atoms with Gasteiger partial charge in [-0.3, -0.25) is 4.79 Å². The predicted octanol–water partition coefficient (Wildman–Crippen LogP) is 5.66. The van der Waals surface area contributed by atoms with Gasteiger partial charge in [-0.05, 0) is 67.2 Å². The second kappa shape index (κ2) is 11.2. The molecule has 158 valence electrons. The van der Waals surface area contributed by atoms with Crippen molar-refractivity contribution in [3.8, 4) is 0 Å². The number of hydrogen-bond donors (Lipinski definition) is 2. The van der Waals surface area contributed by atoms with Gasteiger partial charge in [0.05, 0.1) is 12.0 Å². The maximum atomic E-state index is 11.2. The quantitative estimate of drug-likeness (QED) is 0.464. The molecular formula is C23H36O4S. The Morgan fingerprint density at radius 3 is 2.82 bits per heavy atom. The minimum atomic E-state index is -0.761. The number of carbonyl (C=O) groups is 1. The Morgan fingerprint density at radius 1 is 1.39 bits per heavy atom. The molecule has 0 amide bonds. The zero-order valence-electron chi connectivity index (χ0n) is 17.5. The van der Waals surface area contributed by atoms with E-state index in [2.05, 4.69) is 38.6 Å². The molecule has 1 heterocycles. The van der Waals surface area contributed by atoms with Gasteiger partial charge in [-0.15, -0.1) is 0 Å². The molecule has 0 radical (unpaired) electrons. The van der Waals surface area contributed by atoms with Crippen LogP contribution in [-0.2, 0) is 20.7 Å². The molecule has 1 aliphatic heterocycles. The lowest BCUT2D eigenvalue weighted by Crippen LogP contribution is -2.25. The molecule has 1 saturated heterocycles. The molecule has 1 aromatic rings. The van der Waals surface area contributed by atoms with Crippen LogP contribution >= 0.6 is 12.6 Å². The zero-order chi connectivity index (χ0) is 20.6. The van der Waals surface area contributed by atoms with Gasteiger partial charge in [0.15, 0.2) is 6.29 Å². The molecule has 0 aliphatic carbocycles. The molecule has 2 unspecified atom stereocenters. The Hall–Kier alpha value is -1.04. The van der Waals surface area contributed by atoms with Gasteiger partial charge in [0.1, 0.15) is 0 Å². The van der Waals surface area contributed by atoms with Crippen molar-refractivity contribution in [1.29, 1.82) is 0 Å². The molecule has 4 nitrogen and oxygen atoms in total. The normalized spacial score (nSPS) is 19.9. The van der Waals surface area contributed by atoms with E-state index in [-0.39, 0.29) is 17.8 Å². The van der Waals surface area contributed by atoms with Gasteiger partial charge in [-0.2, -0.15) is 12.6 Å². The number of thiol groups is 1. The highest BCUT2D eigenvalue weighted by atomic mass is 32.1. The topological polar surface area (TPSA) is 55.8 Å². The van der Waals surface area contributed by atoms with Crippen LogP contribution < -0.4 is 0 Å². The summed E-state index contributed by atoms with van der Waals surface area (Å²) in [7, 11) is 0. The first-order chi connectivity index (χ1) is 13.3. The summed E-state index contributed by atoms with van der Waals surface area (Å²) in [6, 6.07) is 8.21. The second-order valence-electron chi connectivity index (χ2n) is 8.82. The summed E-state index contributed by atoms with van der Waals surface area (Å²) in [5.41, 5.74) is 2.38. The summed E-state index contributed by atoms with van der Waals surface area (Å²) in [4.78, 5) is 11.2. The van der Waals surface area contributed by atoms with E-state index in [0.717, 1.165) is 62.0 Å². The number of rotatable bonds is 11. The minimum absolute atomic E-state index is 0.0288. The highest BCUT2D eigenvalue weighted by Gasteiger charge is 2.23. The molecule has 5 heteroatoms. The molecule has 3 atom stereocenters. The van der Waals surface area contributed by atoms with Gasteiger partial charge >= 0.3 is 5.97 Å². The molecule has 0 aromatic heterocycles. The summed E-state index contributed by atoms with van der Waals surface area (Å²) in [6.45, 7) is 7.00. The number of carboxylic acid groups (broad SMARTS) is 1. The lowest BCUT2D eigenvalue weighted by Gasteiger charge is -2.29. The first kappa shape index (κ1) is 23.2. The van der Waals surface area contributed by atoms with Gasteiger partial charge in [0.2, 0.25) is 0 Å². The molecule has 1 N–H and O–H groups in total. The van der Waals surface area contributed by atoms with Crippen molar-refractivity contribution >= 4 is 18.6 Å². The first-order valence-corrected chi connectivity index (χ1v) is 11.1. The smallest absolute Gasteiger partial charge is 0.306 e. The number of carboxylic acids is 1. The van der Waals surface area contributed by atoms with Gasteiger partial charge in [0, 0.05) is 6.61 Å². The summed E-state index contributed by atoms with van der Waals surface area (Å²) in [6.07, 6.45) is 6.62. The lowest BCUT2D eigenvalue weighted by molar-refractivity contribution is -0.191. The Morgan fingerprint density at radius 2 is 2.18 bits per heavy atom. The van der Waals surface area contributed by atoms with Crippen molar-refractivity contribution in [2.75, 3.05) is 12.4 Å². The summed E-state index contributed by atoms with van der Waals surface area (Å²) < 4.78 is 12.2. The molecular weight excluding hydrogens is 372 g/mol. The Balaban J connectivity index is 2.09. The van der Waals surface area contributed by atoms with Gasteiger partial charge in [-0.1, -0.05) is 45.0 Å². The molecule has 0 spiro atoms. The van der Waals surface area contributed by atoms with Crippen molar-refractivity contribution in [3.63, 3.8) is 0 Å². The van der Waals surface area contributed by atoms with Crippen LogP contribution in [0.4, 0.5) is 0 Å². The van der Waals surface area contributed by atoms with Crippen LogP contribution in [0.25, 0.3) is 0 Å². The van der Waals surface area contributed by atoms with Crippen LogP contribution in [0.1, 0.15) is 76.5 Å². The average Bonchev–Trinajstić information content (AvgIpc) is 2.68. The van der Waals surface area contributed by atoms with E-state index >= 15 is 0 Å². The Labute approximate surface area is 175 Å². The third kappa shape index (κ3) is 7.76. The van der Waals surface area contributed by atoms with Crippen molar-refractivity contribution in [2.24, 2.45) is 11.3 Å². The summed E-state index contributed by atoms with van der Waals surface area (Å²) in [5, 5.41) is 9.21. The second-order valence-corrected chi connectivity index (χ2v) is 9.14.